The molecule has 0 amide bonds. The minimum Gasteiger partial charge on any atom is -0.456 e. The molecule has 1 atom stereocenters. The fourth-order valence-electron chi connectivity index (χ4n) is 30.2. The smallest absolute Gasteiger partial charge is 0.333 e. The van der Waals surface area contributed by atoms with Crippen LogP contribution in [0.2, 0.25) is 0 Å². The van der Waals surface area contributed by atoms with Crippen molar-refractivity contribution in [2.45, 2.75) is 322 Å². The zero-order valence-corrected chi connectivity index (χ0v) is 91.1. The van der Waals surface area contributed by atoms with Gasteiger partial charge in [0.25, 0.3) is 0 Å². The molecule has 18 aromatic rings. The van der Waals surface area contributed by atoms with Crippen LogP contribution in [0.5, 0.6) is 0 Å². The van der Waals surface area contributed by atoms with Gasteiger partial charge in [0.2, 0.25) is 0 Å². The summed E-state index contributed by atoms with van der Waals surface area (Å²) in [5, 5.41) is 9.96. The van der Waals surface area contributed by atoms with Gasteiger partial charge in [-0.15, -0.1) is 22.7 Å². The third-order valence-corrected chi connectivity index (χ3v) is 42.0. The summed E-state index contributed by atoms with van der Waals surface area (Å²) < 4.78 is 20.9. The van der Waals surface area contributed by atoms with Gasteiger partial charge in [-0.1, -0.05) is 256 Å². The minimum atomic E-state index is -0.255. The first-order valence-corrected chi connectivity index (χ1v) is 55.9. The maximum absolute atomic E-state index is 8.20. The number of furan rings is 2. The maximum atomic E-state index is 8.20. The molecule has 4 aliphatic heterocycles. The molecule has 0 saturated heterocycles. The first-order valence-electron chi connectivity index (χ1n) is 54.3. The Hall–Kier alpha value is -11.6. The van der Waals surface area contributed by atoms with Crippen LogP contribution < -0.4 is 41.3 Å². The highest BCUT2D eigenvalue weighted by atomic mass is 32.1. The summed E-state index contributed by atoms with van der Waals surface area (Å²) in [7, 11) is 0. The van der Waals surface area contributed by atoms with Gasteiger partial charge in [0.05, 0.1) is 5.69 Å². The highest BCUT2D eigenvalue weighted by molar-refractivity contribution is 7.26. The van der Waals surface area contributed by atoms with Crippen molar-refractivity contribution in [1.82, 2.24) is 0 Å². The van der Waals surface area contributed by atoms with Gasteiger partial charge < -0.3 is 28.3 Å². The molecule has 10 heteroatoms. The molecule has 4 aromatic heterocycles. The lowest BCUT2D eigenvalue weighted by Crippen LogP contribution is -2.61. The number of thiophene rings is 2. The van der Waals surface area contributed by atoms with E-state index in [4.69, 9.17) is 8.83 Å². The van der Waals surface area contributed by atoms with E-state index < -0.39 is 0 Å². The quantitative estimate of drug-likeness (QED) is 0.155. The Labute approximate surface area is 860 Å². The Morgan fingerprint density at radius 2 is 0.701 bits per heavy atom. The zero-order chi connectivity index (χ0) is 99.5. The molecule has 0 radical (unpaired) electrons. The van der Waals surface area contributed by atoms with E-state index in [1.54, 1.807) is 0 Å². The minimum absolute atomic E-state index is 0.0212. The molecular weight excluding hydrogens is 1780 g/mol. The SMILES string of the molecule is Cc1cc2c(cc1N1c3cc4c(cc3B3c5c1cc1oc6ccccc6c1c5-c1cc5c(cc1N3c1ccc3c(c1)C(C)(C)CCC3(C)Cc1ccc3c(c1)oc1c6c7c(cc13)N(c1cc3c(cc1C)C(C)(C)CCC3(C)C)c1c(ccc3sc8ccccc8c13)B7N(c1ccc3c(c1)C(C)(C)CCC3(C)C)c1cc3c(cc1-6)C(C)(C)CCC3(C)C)C(C)(C)CCC5(C)C)sc1ccccc14)C(C)(C)CCC2(C)C. The second-order valence-electron chi connectivity index (χ2n) is 54.0. The van der Waals surface area contributed by atoms with Crippen molar-refractivity contribution in [3.05, 3.63) is 296 Å². The number of aryl methyl sites for hydroxylation is 2. The third kappa shape index (κ3) is 12.4. The molecule has 8 heterocycles. The van der Waals surface area contributed by atoms with E-state index in [9.17, 15) is 0 Å². The van der Waals surface area contributed by atoms with Gasteiger partial charge in [0.1, 0.15) is 22.3 Å². The summed E-state index contributed by atoms with van der Waals surface area (Å²) in [6, 6.07) is 87.5. The average Bonchev–Trinajstić information content (AvgIpc) is 1.26. The van der Waals surface area contributed by atoms with Crippen molar-refractivity contribution in [2.24, 2.45) is 0 Å². The molecule has 722 valence electrons. The third-order valence-electron chi connectivity index (χ3n) is 39.7. The lowest BCUT2D eigenvalue weighted by atomic mass is 9.43. The van der Waals surface area contributed by atoms with Crippen LogP contribution >= 0.6 is 22.7 Å². The summed E-state index contributed by atoms with van der Waals surface area (Å²) >= 11 is 3.89. The molecule has 0 fully saturated rings. The first kappa shape index (κ1) is 90.0. The van der Waals surface area contributed by atoms with Crippen molar-refractivity contribution < 1.29 is 8.83 Å². The highest BCUT2D eigenvalue weighted by Gasteiger charge is 2.56. The molecule has 0 N–H and O–H groups in total. The van der Waals surface area contributed by atoms with E-state index in [1.165, 1.54) is 241 Å². The van der Waals surface area contributed by atoms with Crippen molar-refractivity contribution >= 4 is 199 Å². The van der Waals surface area contributed by atoms with Crippen LogP contribution in [0, 0.1) is 13.8 Å². The molecule has 0 spiro atoms. The van der Waals surface area contributed by atoms with Gasteiger partial charge in [-0.2, -0.15) is 0 Å². The van der Waals surface area contributed by atoms with Gasteiger partial charge >= 0.3 is 13.7 Å². The number of hydrogen-bond donors (Lipinski definition) is 0. The number of nitrogens with zero attached hydrogens (tertiary/aromatic N) is 4. The fraction of sp³-hybridized carbons (Fsp3) is 0.373. The highest BCUT2D eigenvalue weighted by Crippen LogP contribution is 2.64. The first-order chi connectivity index (χ1) is 68.2. The predicted octanol–water partition coefficient (Wildman–Crippen LogP) is 35.6. The van der Waals surface area contributed by atoms with Crippen LogP contribution in [0.25, 0.3) is 106 Å². The Morgan fingerprint density at radius 1 is 0.271 bits per heavy atom. The Morgan fingerprint density at radius 3 is 1.27 bits per heavy atom. The number of fused-ring (bicyclic) bond motifs is 29. The van der Waals surface area contributed by atoms with Crippen LogP contribution in [-0.4, -0.2) is 13.7 Å². The Balaban J connectivity index is 0.663. The predicted molar refractivity (Wildman–Crippen MR) is 620 cm³/mol. The molecule has 6 aliphatic carbocycles. The molecule has 1 unspecified atom stereocenters. The summed E-state index contributed by atoms with van der Waals surface area (Å²) in [4.78, 5) is 11.3. The molecule has 14 aromatic carbocycles. The number of para-hydroxylation sites is 1. The van der Waals surface area contributed by atoms with Gasteiger partial charge in [0.15, 0.2) is 0 Å². The van der Waals surface area contributed by atoms with Crippen LogP contribution in [0.15, 0.2) is 221 Å². The lowest BCUT2D eigenvalue weighted by molar-refractivity contribution is 0.310. The standard InChI is InChI=1S/C134H136B2N4O2S2/c1-74-58-89-95(129(15,16)52-48-124(89,5)6)67-101(74)137-105-65-83-80-32-27-30-36-111(80)144-114(83)71-100(105)136-119-107(137)72-110-115(81-33-26-29-35-108(81)141-110)117(119)85-63-93-97(131(19,20)54-50-127(93,11)12)69-103(85)140(136)78-40-43-88-92(62-78)133(23,24)56-57-134(88,25)73-76-38-41-79-84-66-106-120-118(122(84)142-109(79)60-76)86-64-94-98(132(21,22)55-51-128(94,13)14)70-104(86)139(77-39-42-87-91(61-77)126(9,10)47-46-123(87,3)4)135(120)99-44-45-113-116(82-34-28-31-37-112(82)143-113)121(99)138(106)102-68-96-90(59-75(102)2)125(7,8)49-53-130(96,17)18/h26-45,58-72H,46-57,73H2,1-25H3. The molecule has 0 bridgehead atoms. The van der Waals surface area contributed by atoms with Gasteiger partial charge in [0, 0.05) is 136 Å². The van der Waals surface area contributed by atoms with Crippen molar-refractivity contribution in [3.8, 4) is 22.3 Å². The largest absolute Gasteiger partial charge is 0.456 e. The van der Waals surface area contributed by atoms with Crippen LogP contribution in [-0.2, 0) is 71.4 Å². The summed E-state index contributed by atoms with van der Waals surface area (Å²) in [6.45, 7) is 62.3. The molecule has 0 saturated carbocycles. The number of rotatable bonds is 6. The summed E-state index contributed by atoms with van der Waals surface area (Å²) in [5.74, 6) is 0. The fourth-order valence-corrected chi connectivity index (χ4v) is 32.5. The van der Waals surface area contributed by atoms with Crippen molar-refractivity contribution in [3.63, 3.8) is 0 Å². The summed E-state index contributed by atoms with van der Waals surface area (Å²) in [5.41, 5.74) is 47.5. The number of hydrogen-bond acceptors (Lipinski definition) is 8. The summed E-state index contributed by atoms with van der Waals surface area (Å²) in [6.07, 6.45) is 14.2. The van der Waals surface area contributed by atoms with Gasteiger partial charge in [-0.3, -0.25) is 0 Å². The molecule has 144 heavy (non-hydrogen) atoms. The topological polar surface area (TPSA) is 39.2 Å². The Bertz CT molecular complexity index is 8840. The number of anilines is 10. The second kappa shape index (κ2) is 29.1. The van der Waals surface area contributed by atoms with E-state index in [0.717, 1.165) is 111 Å². The number of benzene rings is 14. The Kier molecular flexibility index (Phi) is 18.2. The molecule has 6 nitrogen and oxygen atoms in total. The maximum Gasteiger partial charge on any atom is 0.333 e. The normalized spacial score (nSPS) is 21.1. The van der Waals surface area contributed by atoms with Gasteiger partial charge in [-0.25, -0.2) is 0 Å². The molecule has 28 rings (SSSR count). The van der Waals surface area contributed by atoms with Gasteiger partial charge in [-0.05, 0) is 382 Å². The van der Waals surface area contributed by atoms with Crippen molar-refractivity contribution in [1.29, 1.82) is 0 Å². The lowest BCUT2D eigenvalue weighted by Gasteiger charge is -2.49. The van der Waals surface area contributed by atoms with Crippen LogP contribution in [0.4, 0.5) is 56.9 Å². The van der Waals surface area contributed by atoms with Crippen molar-refractivity contribution in [2.75, 3.05) is 19.4 Å². The van der Waals surface area contributed by atoms with E-state index in [-0.39, 0.29) is 78.7 Å². The molecule has 10 aliphatic rings. The van der Waals surface area contributed by atoms with Crippen LogP contribution in [0.1, 0.15) is 320 Å². The van der Waals surface area contributed by atoms with E-state index >= 15 is 0 Å². The molecular formula is C134H136B2N4O2S2. The average molecular weight is 1920 g/mol. The van der Waals surface area contributed by atoms with E-state index in [0.29, 0.717) is 0 Å². The van der Waals surface area contributed by atoms with Crippen LogP contribution in [0.3, 0.4) is 0 Å². The van der Waals surface area contributed by atoms with E-state index in [1.807, 2.05) is 22.7 Å². The monoisotopic (exact) mass is 1920 g/mol. The van der Waals surface area contributed by atoms with E-state index in [2.05, 4.69) is 405 Å². The zero-order valence-electron chi connectivity index (χ0n) is 89.5. The second-order valence-corrected chi connectivity index (χ2v) is 56.1.